The average molecular weight is 255 g/mol. The van der Waals surface area contributed by atoms with Gasteiger partial charge >= 0.3 is 0 Å². The van der Waals surface area contributed by atoms with E-state index < -0.39 is 5.82 Å². The van der Waals surface area contributed by atoms with Gasteiger partial charge < -0.3 is 0 Å². The molecule has 0 aliphatic carbocycles. The molecule has 0 amide bonds. The first-order valence-electron chi connectivity index (χ1n) is 5.79. The number of rotatable bonds is 3. The molecule has 2 aromatic rings. The molecule has 0 aromatic heterocycles. The summed E-state index contributed by atoms with van der Waals surface area (Å²) in [7, 11) is 0. The van der Waals surface area contributed by atoms with Gasteiger partial charge in [0.15, 0.2) is 0 Å². The second-order valence-corrected chi connectivity index (χ2v) is 4.07. The van der Waals surface area contributed by atoms with Crippen LogP contribution in [0, 0.1) is 17.1 Å². The Balaban J connectivity index is 2.27. The summed E-state index contributed by atoms with van der Waals surface area (Å²) in [5, 5.41) is 8.67. The molecule has 0 unspecified atom stereocenters. The summed E-state index contributed by atoms with van der Waals surface area (Å²) in [6.07, 6.45) is 2.47. The van der Waals surface area contributed by atoms with Crippen LogP contribution in [-0.2, 0) is 6.42 Å². The molecule has 3 heteroatoms. The van der Waals surface area contributed by atoms with Gasteiger partial charge in [0, 0.05) is 0 Å². The van der Waals surface area contributed by atoms with Gasteiger partial charge in [-0.3, -0.25) is 0 Å². The number of nitriles is 1. The van der Waals surface area contributed by atoms with Crippen molar-refractivity contribution in [1.29, 1.82) is 5.26 Å². The first-order valence-corrected chi connectivity index (χ1v) is 5.79. The van der Waals surface area contributed by atoms with Crippen LogP contribution < -0.4 is 0 Å². The summed E-state index contributed by atoms with van der Waals surface area (Å²) in [6, 6.07) is 13.7. The summed E-state index contributed by atoms with van der Waals surface area (Å²) >= 11 is 0. The van der Waals surface area contributed by atoms with Gasteiger partial charge in [-0.25, -0.2) is 8.78 Å². The average Bonchev–Trinajstić information content (AvgIpc) is 2.45. The van der Waals surface area contributed by atoms with Crippen molar-refractivity contribution in [2.75, 3.05) is 0 Å². The lowest BCUT2D eigenvalue weighted by atomic mass is 10.0. The van der Waals surface area contributed by atoms with Crippen molar-refractivity contribution >= 4 is 0 Å². The van der Waals surface area contributed by atoms with Gasteiger partial charge in [0.1, 0.15) is 11.9 Å². The Morgan fingerprint density at radius 1 is 1.05 bits per heavy atom. The molecule has 0 aliphatic rings. The fourth-order valence-electron chi connectivity index (χ4n) is 1.80. The largest absolute Gasteiger partial charge is 0.216 e. The lowest BCUT2D eigenvalue weighted by molar-refractivity contribution is 0.624. The van der Waals surface area contributed by atoms with Crippen LogP contribution in [0.25, 0.3) is 11.1 Å². The quantitative estimate of drug-likeness (QED) is 0.797. The van der Waals surface area contributed by atoms with Gasteiger partial charge in [0.25, 0.3) is 0 Å². The summed E-state index contributed by atoms with van der Waals surface area (Å²) in [6.45, 7) is 0. The molecule has 2 aromatic carbocycles. The normalized spacial score (nSPS) is 10.6. The zero-order chi connectivity index (χ0) is 13.7. The molecule has 0 saturated heterocycles. The molecule has 0 bridgehead atoms. The first-order chi connectivity index (χ1) is 9.24. The molecule has 0 saturated carbocycles. The van der Waals surface area contributed by atoms with Crippen LogP contribution >= 0.6 is 0 Å². The molecule has 2 rings (SSSR count). The molecule has 0 heterocycles. The van der Waals surface area contributed by atoms with E-state index in [9.17, 15) is 8.78 Å². The third kappa shape index (κ3) is 3.05. The third-order valence-corrected chi connectivity index (χ3v) is 2.82. The Bertz CT molecular complexity index is 637. The molecule has 0 atom stereocenters. The van der Waals surface area contributed by atoms with Crippen molar-refractivity contribution in [3.8, 4) is 17.2 Å². The molecule has 0 spiro atoms. The second kappa shape index (κ2) is 5.92. The number of halogens is 2. The van der Waals surface area contributed by atoms with E-state index in [1.54, 1.807) is 12.1 Å². The number of nitrogens with zero attached hydrogens (tertiary/aromatic N) is 1. The van der Waals surface area contributed by atoms with Gasteiger partial charge in [0.2, 0.25) is 0 Å². The minimum absolute atomic E-state index is 0.0356. The van der Waals surface area contributed by atoms with E-state index in [0.717, 1.165) is 11.1 Å². The zero-order valence-corrected chi connectivity index (χ0v) is 10.1. The van der Waals surface area contributed by atoms with Crippen molar-refractivity contribution in [2.45, 2.75) is 6.42 Å². The molecule has 0 radical (unpaired) electrons. The van der Waals surface area contributed by atoms with Crippen molar-refractivity contribution in [3.63, 3.8) is 0 Å². The van der Waals surface area contributed by atoms with Crippen molar-refractivity contribution in [2.24, 2.45) is 0 Å². The van der Waals surface area contributed by atoms with Gasteiger partial charge in [-0.2, -0.15) is 5.26 Å². The summed E-state index contributed by atoms with van der Waals surface area (Å²) in [4.78, 5) is 0. The number of hydrogen-bond donors (Lipinski definition) is 0. The van der Waals surface area contributed by atoms with E-state index in [-0.39, 0.29) is 5.56 Å². The van der Waals surface area contributed by atoms with E-state index in [0.29, 0.717) is 18.3 Å². The molecule has 0 fully saturated rings. The summed E-state index contributed by atoms with van der Waals surface area (Å²) in [5.74, 6) is -0.524. The fourth-order valence-corrected chi connectivity index (χ4v) is 1.80. The molecular formula is C16H11F2N. The number of allylic oxidation sites excluding steroid dienone is 1. The Kier molecular flexibility index (Phi) is 4.04. The Morgan fingerprint density at radius 2 is 1.74 bits per heavy atom. The third-order valence-electron chi connectivity index (χ3n) is 2.82. The smallest absolute Gasteiger partial charge is 0.141 e. The SMILES string of the molecule is N#Cc1ccc(-c2ccc(C/C=C/F)cc2)cc1F. The first kappa shape index (κ1) is 13.0. The van der Waals surface area contributed by atoms with E-state index in [4.69, 9.17) is 5.26 Å². The van der Waals surface area contributed by atoms with E-state index in [1.807, 2.05) is 24.3 Å². The Hall–Kier alpha value is -2.47. The Labute approximate surface area is 110 Å². The van der Waals surface area contributed by atoms with Gasteiger partial charge in [-0.05, 0) is 35.2 Å². The predicted octanol–water partition coefficient (Wildman–Crippen LogP) is 4.39. The fraction of sp³-hybridized carbons (Fsp3) is 0.0625. The standard InChI is InChI=1S/C16H11F2N/c17-9-1-2-12-3-5-13(6-4-12)14-7-8-15(11-19)16(18)10-14/h1,3-10H,2H2/b9-1+. The summed E-state index contributed by atoms with van der Waals surface area (Å²) in [5.41, 5.74) is 2.58. The predicted molar refractivity (Wildman–Crippen MR) is 70.5 cm³/mol. The molecule has 0 N–H and O–H groups in total. The lowest BCUT2D eigenvalue weighted by Gasteiger charge is -2.04. The monoisotopic (exact) mass is 255 g/mol. The van der Waals surface area contributed by atoms with Crippen LogP contribution in [0.3, 0.4) is 0 Å². The molecular weight excluding hydrogens is 244 g/mol. The van der Waals surface area contributed by atoms with Gasteiger partial charge in [0.05, 0.1) is 11.9 Å². The lowest BCUT2D eigenvalue weighted by Crippen LogP contribution is -1.86. The number of hydrogen-bond acceptors (Lipinski definition) is 1. The highest BCUT2D eigenvalue weighted by Crippen LogP contribution is 2.22. The minimum Gasteiger partial charge on any atom is -0.216 e. The van der Waals surface area contributed by atoms with Crippen LogP contribution in [0.1, 0.15) is 11.1 Å². The summed E-state index contributed by atoms with van der Waals surface area (Å²) < 4.78 is 25.4. The minimum atomic E-state index is -0.524. The van der Waals surface area contributed by atoms with Crippen LogP contribution in [-0.4, -0.2) is 0 Å². The van der Waals surface area contributed by atoms with Crippen LogP contribution in [0.2, 0.25) is 0 Å². The highest BCUT2D eigenvalue weighted by Gasteiger charge is 2.04. The van der Waals surface area contributed by atoms with Crippen LogP contribution in [0.15, 0.2) is 54.9 Å². The van der Waals surface area contributed by atoms with E-state index in [2.05, 4.69) is 0 Å². The van der Waals surface area contributed by atoms with Crippen LogP contribution in [0.4, 0.5) is 8.78 Å². The number of benzene rings is 2. The molecule has 0 aliphatic heterocycles. The van der Waals surface area contributed by atoms with E-state index in [1.165, 1.54) is 18.2 Å². The topological polar surface area (TPSA) is 23.8 Å². The van der Waals surface area contributed by atoms with E-state index >= 15 is 0 Å². The van der Waals surface area contributed by atoms with Gasteiger partial charge in [-0.15, -0.1) is 0 Å². The highest BCUT2D eigenvalue weighted by molar-refractivity contribution is 5.64. The molecule has 94 valence electrons. The molecule has 1 nitrogen and oxygen atoms in total. The highest BCUT2D eigenvalue weighted by atomic mass is 19.1. The van der Waals surface area contributed by atoms with Gasteiger partial charge in [-0.1, -0.05) is 36.4 Å². The van der Waals surface area contributed by atoms with Crippen molar-refractivity contribution in [3.05, 3.63) is 71.8 Å². The maximum absolute atomic E-state index is 13.5. The molecule has 19 heavy (non-hydrogen) atoms. The second-order valence-electron chi connectivity index (χ2n) is 4.07. The maximum Gasteiger partial charge on any atom is 0.141 e. The van der Waals surface area contributed by atoms with Crippen molar-refractivity contribution < 1.29 is 8.78 Å². The maximum atomic E-state index is 13.5. The zero-order valence-electron chi connectivity index (χ0n) is 10.1. The van der Waals surface area contributed by atoms with Crippen molar-refractivity contribution in [1.82, 2.24) is 0 Å². The van der Waals surface area contributed by atoms with Crippen LogP contribution in [0.5, 0.6) is 0 Å². The Morgan fingerprint density at radius 3 is 2.32 bits per heavy atom.